The van der Waals surface area contributed by atoms with Crippen LogP contribution in [0.4, 0.5) is 5.69 Å². The average molecular weight is 205 g/mol. The smallest absolute Gasteiger partial charge is 0.0314 e. The number of nitrogens with two attached hydrogens (primary N) is 1. The van der Waals surface area contributed by atoms with Gasteiger partial charge in [-0.25, -0.2) is 0 Å². The van der Waals surface area contributed by atoms with Crippen LogP contribution in [0.5, 0.6) is 0 Å². The summed E-state index contributed by atoms with van der Waals surface area (Å²) in [6.07, 6.45) is 3.73. The first-order chi connectivity index (χ1) is 7.13. The lowest BCUT2D eigenvalue weighted by atomic mass is 9.88. The molecule has 1 nitrogen and oxygen atoms in total. The van der Waals surface area contributed by atoms with Crippen molar-refractivity contribution in [3.8, 4) is 0 Å². The molecule has 0 saturated heterocycles. The number of hydrogen-bond acceptors (Lipinski definition) is 1. The van der Waals surface area contributed by atoms with Gasteiger partial charge in [-0.15, -0.1) is 0 Å². The van der Waals surface area contributed by atoms with Crippen LogP contribution >= 0.6 is 0 Å². The Balaban J connectivity index is 2.40. The molecule has 1 rings (SSSR count). The van der Waals surface area contributed by atoms with Gasteiger partial charge in [0.1, 0.15) is 0 Å². The van der Waals surface area contributed by atoms with E-state index in [0.717, 1.165) is 17.5 Å². The van der Waals surface area contributed by atoms with Gasteiger partial charge in [0.15, 0.2) is 0 Å². The molecule has 1 aromatic rings. The van der Waals surface area contributed by atoms with Crippen LogP contribution in [0.25, 0.3) is 0 Å². The van der Waals surface area contributed by atoms with Crippen LogP contribution in [-0.2, 0) is 6.42 Å². The van der Waals surface area contributed by atoms with Crippen LogP contribution in [0.2, 0.25) is 0 Å². The maximum absolute atomic E-state index is 5.65. The molecule has 0 fully saturated rings. The zero-order valence-corrected chi connectivity index (χ0v) is 10.2. The predicted molar refractivity (Wildman–Crippen MR) is 67.8 cm³/mol. The van der Waals surface area contributed by atoms with Gasteiger partial charge >= 0.3 is 0 Å². The van der Waals surface area contributed by atoms with Crippen LogP contribution in [0, 0.1) is 11.8 Å². The minimum absolute atomic E-state index is 0.813. The van der Waals surface area contributed by atoms with Crippen molar-refractivity contribution in [2.75, 3.05) is 5.73 Å². The van der Waals surface area contributed by atoms with Crippen molar-refractivity contribution < 1.29 is 0 Å². The number of nitrogen functional groups attached to an aromatic ring is 1. The van der Waals surface area contributed by atoms with Crippen LogP contribution < -0.4 is 5.73 Å². The molecule has 84 valence electrons. The molecule has 0 amide bonds. The number of anilines is 1. The molecule has 0 heterocycles. The van der Waals surface area contributed by atoms with Gasteiger partial charge in [0.25, 0.3) is 0 Å². The quantitative estimate of drug-likeness (QED) is 0.725. The second-order valence-corrected chi connectivity index (χ2v) is 4.64. The molecule has 0 aliphatic carbocycles. The molecule has 15 heavy (non-hydrogen) atoms. The van der Waals surface area contributed by atoms with Crippen LogP contribution in [-0.4, -0.2) is 0 Å². The molecular formula is C14H23N. The summed E-state index contributed by atoms with van der Waals surface area (Å²) >= 11 is 0. The molecule has 0 saturated carbocycles. The molecule has 0 bridgehead atoms. The standard InChI is InChI=1S/C14H23N/c1-4-11(2)12(3)5-6-13-7-9-14(15)10-8-13/h7-12H,4-6,15H2,1-3H3. The van der Waals surface area contributed by atoms with Crippen LogP contribution in [0.3, 0.4) is 0 Å². The number of hydrogen-bond donors (Lipinski definition) is 1. The molecule has 2 atom stereocenters. The van der Waals surface area contributed by atoms with E-state index in [2.05, 4.69) is 32.9 Å². The van der Waals surface area contributed by atoms with Crippen molar-refractivity contribution in [3.05, 3.63) is 29.8 Å². The lowest BCUT2D eigenvalue weighted by molar-refractivity contribution is 0.355. The second-order valence-electron chi connectivity index (χ2n) is 4.64. The van der Waals surface area contributed by atoms with Crippen LogP contribution in [0.15, 0.2) is 24.3 Å². The van der Waals surface area contributed by atoms with Crippen molar-refractivity contribution in [2.24, 2.45) is 11.8 Å². The fourth-order valence-electron chi connectivity index (χ4n) is 1.77. The first kappa shape index (κ1) is 12.1. The lowest BCUT2D eigenvalue weighted by Gasteiger charge is -2.17. The third kappa shape index (κ3) is 3.94. The largest absolute Gasteiger partial charge is 0.399 e. The Bertz CT molecular complexity index is 276. The SMILES string of the molecule is CCC(C)C(C)CCc1ccc(N)cc1. The Morgan fingerprint density at radius 3 is 2.20 bits per heavy atom. The number of rotatable bonds is 5. The maximum atomic E-state index is 5.65. The monoisotopic (exact) mass is 205 g/mol. The van der Waals surface area contributed by atoms with Gasteiger partial charge in [-0.05, 0) is 42.4 Å². The summed E-state index contributed by atoms with van der Waals surface area (Å²) in [5.41, 5.74) is 7.91. The predicted octanol–water partition coefficient (Wildman–Crippen LogP) is 3.88. The maximum Gasteiger partial charge on any atom is 0.0314 e. The second kappa shape index (κ2) is 5.79. The number of aryl methyl sites for hydroxylation is 1. The normalized spacial score (nSPS) is 14.9. The van der Waals surface area contributed by atoms with Gasteiger partial charge in [0.2, 0.25) is 0 Å². The van der Waals surface area contributed by atoms with E-state index in [1.807, 2.05) is 12.1 Å². The van der Waals surface area contributed by atoms with E-state index in [4.69, 9.17) is 5.73 Å². The Morgan fingerprint density at radius 2 is 1.67 bits per heavy atom. The zero-order valence-electron chi connectivity index (χ0n) is 10.2. The molecule has 0 aromatic heterocycles. The molecule has 0 aliphatic rings. The molecule has 0 aliphatic heterocycles. The van der Waals surface area contributed by atoms with Crippen LogP contribution in [0.1, 0.15) is 39.2 Å². The average Bonchev–Trinajstić information content (AvgIpc) is 2.26. The van der Waals surface area contributed by atoms with Gasteiger partial charge in [0.05, 0.1) is 0 Å². The molecule has 0 radical (unpaired) electrons. The topological polar surface area (TPSA) is 26.0 Å². The highest BCUT2D eigenvalue weighted by molar-refractivity contribution is 5.39. The third-order valence-corrected chi connectivity index (χ3v) is 3.48. The van der Waals surface area contributed by atoms with E-state index >= 15 is 0 Å². The summed E-state index contributed by atoms with van der Waals surface area (Å²) in [5, 5.41) is 0. The van der Waals surface area contributed by atoms with Gasteiger partial charge in [-0.3, -0.25) is 0 Å². The molecule has 2 N–H and O–H groups in total. The fraction of sp³-hybridized carbons (Fsp3) is 0.571. The zero-order chi connectivity index (χ0) is 11.3. The summed E-state index contributed by atoms with van der Waals surface area (Å²) in [7, 11) is 0. The van der Waals surface area contributed by atoms with Crippen molar-refractivity contribution in [1.29, 1.82) is 0 Å². The van der Waals surface area contributed by atoms with Crippen molar-refractivity contribution in [1.82, 2.24) is 0 Å². The molecule has 1 aromatic carbocycles. The summed E-state index contributed by atoms with van der Waals surface area (Å²) in [6.45, 7) is 6.96. The Kier molecular flexibility index (Phi) is 4.67. The summed E-state index contributed by atoms with van der Waals surface area (Å²) in [6, 6.07) is 8.25. The van der Waals surface area contributed by atoms with E-state index in [0.29, 0.717) is 0 Å². The highest BCUT2D eigenvalue weighted by Gasteiger charge is 2.09. The first-order valence-corrected chi connectivity index (χ1v) is 5.98. The minimum atomic E-state index is 0.813. The van der Waals surface area contributed by atoms with Gasteiger partial charge < -0.3 is 5.73 Å². The lowest BCUT2D eigenvalue weighted by Crippen LogP contribution is -2.07. The van der Waals surface area contributed by atoms with Gasteiger partial charge in [0, 0.05) is 5.69 Å². The van der Waals surface area contributed by atoms with E-state index < -0.39 is 0 Å². The Morgan fingerprint density at radius 1 is 1.07 bits per heavy atom. The Labute approximate surface area is 93.7 Å². The third-order valence-electron chi connectivity index (χ3n) is 3.48. The molecular weight excluding hydrogens is 182 g/mol. The summed E-state index contributed by atoms with van der Waals surface area (Å²) < 4.78 is 0. The van der Waals surface area contributed by atoms with Crippen molar-refractivity contribution in [3.63, 3.8) is 0 Å². The minimum Gasteiger partial charge on any atom is -0.399 e. The van der Waals surface area contributed by atoms with Crippen molar-refractivity contribution >= 4 is 5.69 Å². The highest BCUT2D eigenvalue weighted by Crippen LogP contribution is 2.20. The molecule has 1 heteroatoms. The first-order valence-electron chi connectivity index (χ1n) is 5.98. The van der Waals surface area contributed by atoms with Gasteiger partial charge in [-0.2, -0.15) is 0 Å². The summed E-state index contributed by atoms with van der Waals surface area (Å²) in [4.78, 5) is 0. The van der Waals surface area contributed by atoms with E-state index in [9.17, 15) is 0 Å². The van der Waals surface area contributed by atoms with Crippen molar-refractivity contribution in [2.45, 2.75) is 40.0 Å². The summed E-state index contributed by atoms with van der Waals surface area (Å²) in [5.74, 6) is 1.64. The van der Waals surface area contributed by atoms with E-state index in [-0.39, 0.29) is 0 Å². The van der Waals surface area contributed by atoms with Gasteiger partial charge in [-0.1, -0.05) is 39.3 Å². The Hall–Kier alpha value is -0.980. The van der Waals surface area contributed by atoms with E-state index in [1.165, 1.54) is 24.8 Å². The highest BCUT2D eigenvalue weighted by atomic mass is 14.5. The molecule has 0 spiro atoms. The number of benzene rings is 1. The molecule has 2 unspecified atom stereocenters. The fourth-order valence-corrected chi connectivity index (χ4v) is 1.77. The van der Waals surface area contributed by atoms with E-state index in [1.54, 1.807) is 0 Å².